The molecule has 0 spiro atoms. The third-order valence-corrected chi connectivity index (χ3v) is 3.60. The first-order valence-electron chi connectivity index (χ1n) is 5.99. The Balaban J connectivity index is 2.39. The van der Waals surface area contributed by atoms with Crippen molar-refractivity contribution in [3.8, 4) is 0 Å². The third kappa shape index (κ3) is 2.40. The van der Waals surface area contributed by atoms with Crippen LogP contribution in [0.5, 0.6) is 0 Å². The first-order chi connectivity index (χ1) is 8.84. The van der Waals surface area contributed by atoms with Crippen molar-refractivity contribution in [1.29, 1.82) is 0 Å². The highest BCUT2D eigenvalue weighted by molar-refractivity contribution is 7.80. The van der Waals surface area contributed by atoms with Crippen LogP contribution in [0.15, 0.2) is 18.2 Å². The van der Waals surface area contributed by atoms with Gasteiger partial charge in [0.15, 0.2) is 0 Å². The van der Waals surface area contributed by atoms with Gasteiger partial charge in [-0.2, -0.15) is 0 Å². The van der Waals surface area contributed by atoms with E-state index in [1.807, 2.05) is 4.90 Å². The summed E-state index contributed by atoms with van der Waals surface area (Å²) in [4.78, 5) is 13.8. The Morgan fingerprint density at radius 2 is 2.21 bits per heavy atom. The standard InChI is InChI=1S/C13H16FN3OS/c1-13(2)12(18)16-5-6-17(13)8-3-4-9(11(15)19)10(14)7-8/h3-4,7H,5-6H2,1-2H3,(H2,15,19)(H,16,18). The molecule has 1 aromatic carbocycles. The second-order valence-electron chi connectivity index (χ2n) is 4.99. The van der Waals surface area contributed by atoms with Gasteiger partial charge in [0.05, 0.1) is 0 Å². The number of nitrogens with one attached hydrogen (secondary N) is 1. The van der Waals surface area contributed by atoms with Gasteiger partial charge in [0.1, 0.15) is 16.3 Å². The number of carbonyl (C=O) groups excluding carboxylic acids is 1. The number of benzene rings is 1. The predicted molar refractivity (Wildman–Crippen MR) is 76.7 cm³/mol. The molecule has 102 valence electrons. The molecular weight excluding hydrogens is 265 g/mol. The minimum atomic E-state index is -0.713. The van der Waals surface area contributed by atoms with Crippen molar-refractivity contribution >= 4 is 28.8 Å². The Kier molecular flexibility index (Phi) is 3.45. The van der Waals surface area contributed by atoms with Gasteiger partial charge in [-0.15, -0.1) is 0 Å². The average Bonchev–Trinajstić information content (AvgIpc) is 2.32. The largest absolute Gasteiger partial charge is 0.389 e. The maximum absolute atomic E-state index is 13.9. The summed E-state index contributed by atoms with van der Waals surface area (Å²) in [5.74, 6) is -0.538. The smallest absolute Gasteiger partial charge is 0.245 e. The molecule has 4 nitrogen and oxygen atoms in total. The van der Waals surface area contributed by atoms with Gasteiger partial charge >= 0.3 is 0 Å². The average molecular weight is 281 g/mol. The summed E-state index contributed by atoms with van der Waals surface area (Å²) in [6.07, 6.45) is 0. The van der Waals surface area contributed by atoms with E-state index >= 15 is 0 Å². The normalized spacial score (nSPS) is 18.1. The molecule has 0 unspecified atom stereocenters. The summed E-state index contributed by atoms with van der Waals surface area (Å²) >= 11 is 4.77. The number of hydrogen-bond donors (Lipinski definition) is 2. The molecule has 6 heteroatoms. The molecule has 19 heavy (non-hydrogen) atoms. The lowest BCUT2D eigenvalue weighted by Crippen LogP contribution is -2.62. The minimum absolute atomic E-state index is 0.0275. The number of nitrogens with zero attached hydrogens (tertiary/aromatic N) is 1. The van der Waals surface area contributed by atoms with Gasteiger partial charge in [-0.05, 0) is 32.0 Å². The van der Waals surface area contributed by atoms with Crippen molar-refractivity contribution in [1.82, 2.24) is 5.32 Å². The van der Waals surface area contributed by atoms with E-state index in [1.165, 1.54) is 6.07 Å². The SMILES string of the molecule is CC1(C)C(=O)NCCN1c1ccc(C(N)=S)c(F)c1. The topological polar surface area (TPSA) is 58.4 Å². The maximum Gasteiger partial charge on any atom is 0.245 e. The van der Waals surface area contributed by atoms with Gasteiger partial charge in [-0.25, -0.2) is 4.39 Å². The van der Waals surface area contributed by atoms with Crippen LogP contribution in [0.3, 0.4) is 0 Å². The molecule has 0 atom stereocenters. The van der Waals surface area contributed by atoms with Crippen molar-refractivity contribution in [2.75, 3.05) is 18.0 Å². The zero-order chi connectivity index (χ0) is 14.2. The van der Waals surface area contributed by atoms with E-state index in [1.54, 1.807) is 26.0 Å². The predicted octanol–water partition coefficient (Wildman–Crippen LogP) is 1.17. The number of thiocarbonyl (C=S) groups is 1. The zero-order valence-electron chi connectivity index (χ0n) is 10.9. The fraction of sp³-hybridized carbons (Fsp3) is 0.385. The Morgan fingerprint density at radius 3 is 2.79 bits per heavy atom. The van der Waals surface area contributed by atoms with Crippen molar-refractivity contribution < 1.29 is 9.18 Å². The highest BCUT2D eigenvalue weighted by atomic mass is 32.1. The molecule has 1 heterocycles. The van der Waals surface area contributed by atoms with E-state index < -0.39 is 11.4 Å². The van der Waals surface area contributed by atoms with Crippen LogP contribution in [0, 0.1) is 5.82 Å². The third-order valence-electron chi connectivity index (χ3n) is 3.38. The molecule has 1 aliphatic rings. The molecule has 2 rings (SSSR count). The van der Waals surface area contributed by atoms with Gasteiger partial charge in [-0.1, -0.05) is 12.2 Å². The lowest BCUT2D eigenvalue weighted by molar-refractivity contribution is -0.126. The fourth-order valence-corrected chi connectivity index (χ4v) is 2.39. The van der Waals surface area contributed by atoms with Crippen LogP contribution in [-0.4, -0.2) is 29.5 Å². The van der Waals surface area contributed by atoms with Crippen molar-refractivity contribution in [3.05, 3.63) is 29.6 Å². The number of amides is 1. The monoisotopic (exact) mass is 281 g/mol. The second kappa shape index (κ2) is 4.77. The van der Waals surface area contributed by atoms with Crippen LogP contribution in [0.4, 0.5) is 10.1 Å². The Hall–Kier alpha value is -1.69. The van der Waals surface area contributed by atoms with Gasteiger partial charge in [-0.3, -0.25) is 4.79 Å². The van der Waals surface area contributed by atoms with E-state index in [9.17, 15) is 9.18 Å². The van der Waals surface area contributed by atoms with Crippen LogP contribution in [0.1, 0.15) is 19.4 Å². The molecule has 1 aromatic rings. The van der Waals surface area contributed by atoms with E-state index in [0.29, 0.717) is 18.8 Å². The van der Waals surface area contributed by atoms with Gasteiger partial charge < -0.3 is 16.0 Å². The molecule has 0 bridgehead atoms. The maximum atomic E-state index is 13.9. The van der Waals surface area contributed by atoms with Crippen LogP contribution < -0.4 is 16.0 Å². The number of carbonyl (C=O) groups is 1. The van der Waals surface area contributed by atoms with Gasteiger partial charge in [0.25, 0.3) is 0 Å². The van der Waals surface area contributed by atoms with Crippen LogP contribution in [0.25, 0.3) is 0 Å². The Morgan fingerprint density at radius 1 is 1.53 bits per heavy atom. The number of rotatable bonds is 2. The van der Waals surface area contributed by atoms with E-state index in [4.69, 9.17) is 18.0 Å². The summed E-state index contributed by atoms with van der Waals surface area (Å²) < 4.78 is 13.9. The minimum Gasteiger partial charge on any atom is -0.389 e. The van der Waals surface area contributed by atoms with E-state index in [-0.39, 0.29) is 16.5 Å². The highest BCUT2D eigenvalue weighted by Crippen LogP contribution is 2.27. The van der Waals surface area contributed by atoms with Gasteiger partial charge in [0, 0.05) is 24.3 Å². The highest BCUT2D eigenvalue weighted by Gasteiger charge is 2.37. The molecule has 0 aliphatic carbocycles. The molecule has 1 saturated heterocycles. The van der Waals surface area contributed by atoms with Crippen LogP contribution >= 0.6 is 12.2 Å². The molecule has 1 amide bonds. The second-order valence-corrected chi connectivity index (χ2v) is 5.43. The summed E-state index contributed by atoms with van der Waals surface area (Å²) in [7, 11) is 0. The number of piperazine rings is 1. The van der Waals surface area contributed by atoms with Crippen molar-refractivity contribution in [2.45, 2.75) is 19.4 Å². The summed E-state index contributed by atoms with van der Waals surface area (Å²) in [5.41, 5.74) is 5.59. The van der Waals surface area contributed by atoms with Gasteiger partial charge in [0.2, 0.25) is 5.91 Å². The molecule has 0 radical (unpaired) electrons. The fourth-order valence-electron chi connectivity index (χ4n) is 2.22. The molecular formula is C13H16FN3OS. The summed E-state index contributed by atoms with van der Waals surface area (Å²) in [6, 6.07) is 4.66. The Labute approximate surface area is 116 Å². The first kappa shape index (κ1) is 13.7. The number of nitrogens with two attached hydrogens (primary N) is 1. The molecule has 1 fully saturated rings. The van der Waals surface area contributed by atoms with Crippen molar-refractivity contribution in [2.24, 2.45) is 5.73 Å². The van der Waals surface area contributed by atoms with Crippen molar-refractivity contribution in [3.63, 3.8) is 0 Å². The molecule has 3 N–H and O–H groups in total. The van der Waals surface area contributed by atoms with E-state index in [2.05, 4.69) is 5.32 Å². The first-order valence-corrected chi connectivity index (χ1v) is 6.40. The lowest BCUT2D eigenvalue weighted by Gasteiger charge is -2.42. The van der Waals surface area contributed by atoms with Crippen LogP contribution in [0.2, 0.25) is 0 Å². The Bertz CT molecular complexity index is 545. The number of hydrogen-bond acceptors (Lipinski definition) is 3. The van der Waals surface area contributed by atoms with Crippen LogP contribution in [-0.2, 0) is 4.79 Å². The number of halogens is 1. The van der Waals surface area contributed by atoms with E-state index in [0.717, 1.165) is 0 Å². The molecule has 0 aromatic heterocycles. The summed E-state index contributed by atoms with van der Waals surface area (Å²) in [6.45, 7) is 4.79. The zero-order valence-corrected chi connectivity index (χ0v) is 11.7. The quantitative estimate of drug-likeness (QED) is 0.799. The number of anilines is 1. The summed E-state index contributed by atoms with van der Waals surface area (Å²) in [5, 5.41) is 2.80. The molecule has 1 aliphatic heterocycles. The lowest BCUT2D eigenvalue weighted by atomic mass is 9.97. The molecule has 0 saturated carbocycles.